The number of hydrogen-bond acceptors (Lipinski definition) is 7. The van der Waals surface area contributed by atoms with Gasteiger partial charge in [-0.05, 0) is 19.2 Å². The summed E-state index contributed by atoms with van der Waals surface area (Å²) in [6, 6.07) is 9.73. The molecule has 0 aliphatic rings. The summed E-state index contributed by atoms with van der Waals surface area (Å²) in [5.74, 6) is 1.85. The van der Waals surface area contributed by atoms with Crippen molar-refractivity contribution >= 4 is 0 Å². The lowest BCUT2D eigenvalue weighted by molar-refractivity contribution is 0.213. The zero-order valence-corrected chi connectivity index (χ0v) is 12.8. The van der Waals surface area contributed by atoms with Crippen LogP contribution in [-0.4, -0.2) is 45.2 Å². The predicted molar refractivity (Wildman–Crippen MR) is 83.6 cm³/mol. The number of nitrogens with zero attached hydrogens (tertiary/aromatic N) is 5. The maximum absolute atomic E-state index is 5.66. The van der Waals surface area contributed by atoms with Crippen molar-refractivity contribution in [3.63, 3.8) is 0 Å². The molecule has 3 rings (SSSR count). The van der Waals surface area contributed by atoms with Crippen LogP contribution < -0.4 is 4.74 Å². The smallest absolute Gasteiger partial charge is 0.241 e. The van der Waals surface area contributed by atoms with E-state index in [4.69, 9.17) is 9.26 Å². The molecule has 2 heterocycles. The quantitative estimate of drug-likeness (QED) is 0.660. The highest BCUT2D eigenvalue weighted by Gasteiger charge is 2.11. The SMILES string of the molecule is CN(CCOc1ccccc1)Cc1nc(-c2cnccn2)no1. The number of para-hydroxylation sites is 1. The Kier molecular flexibility index (Phi) is 4.90. The molecular weight excluding hydrogens is 294 g/mol. The molecule has 0 unspecified atom stereocenters. The van der Waals surface area contributed by atoms with E-state index in [-0.39, 0.29) is 0 Å². The van der Waals surface area contributed by atoms with E-state index in [1.165, 1.54) is 0 Å². The summed E-state index contributed by atoms with van der Waals surface area (Å²) < 4.78 is 10.9. The molecule has 0 saturated heterocycles. The van der Waals surface area contributed by atoms with E-state index < -0.39 is 0 Å². The van der Waals surface area contributed by atoms with Gasteiger partial charge in [0, 0.05) is 18.9 Å². The molecule has 0 atom stereocenters. The zero-order chi connectivity index (χ0) is 15.9. The molecule has 23 heavy (non-hydrogen) atoms. The van der Waals surface area contributed by atoms with Crippen LogP contribution in [0.3, 0.4) is 0 Å². The zero-order valence-electron chi connectivity index (χ0n) is 12.8. The molecule has 0 aliphatic heterocycles. The third kappa shape index (κ3) is 4.33. The molecule has 0 saturated carbocycles. The largest absolute Gasteiger partial charge is 0.492 e. The second-order valence-electron chi connectivity index (χ2n) is 5.00. The summed E-state index contributed by atoms with van der Waals surface area (Å²) in [6.07, 6.45) is 4.80. The molecule has 7 heteroatoms. The number of benzene rings is 1. The summed E-state index contributed by atoms with van der Waals surface area (Å²) in [6.45, 7) is 1.88. The number of ether oxygens (including phenoxy) is 1. The Labute approximate surface area is 134 Å². The van der Waals surface area contributed by atoms with Gasteiger partial charge in [0.05, 0.1) is 12.7 Å². The normalized spacial score (nSPS) is 10.9. The Morgan fingerprint density at radius 2 is 2.04 bits per heavy atom. The molecule has 0 radical (unpaired) electrons. The lowest BCUT2D eigenvalue weighted by atomic mass is 10.3. The Morgan fingerprint density at radius 1 is 1.17 bits per heavy atom. The van der Waals surface area contributed by atoms with Crippen LogP contribution in [0.4, 0.5) is 0 Å². The number of likely N-dealkylation sites (N-methyl/N-ethyl adjacent to an activating group) is 1. The first-order chi connectivity index (χ1) is 11.3. The van der Waals surface area contributed by atoms with Crippen molar-refractivity contribution in [3.8, 4) is 17.3 Å². The van der Waals surface area contributed by atoms with Crippen molar-refractivity contribution in [2.24, 2.45) is 0 Å². The fourth-order valence-corrected chi connectivity index (χ4v) is 1.98. The number of rotatable bonds is 7. The van der Waals surface area contributed by atoms with E-state index in [1.54, 1.807) is 18.6 Å². The maximum Gasteiger partial charge on any atom is 0.241 e. The second-order valence-corrected chi connectivity index (χ2v) is 5.00. The van der Waals surface area contributed by atoms with Crippen molar-refractivity contribution in [2.45, 2.75) is 6.54 Å². The average molecular weight is 311 g/mol. The van der Waals surface area contributed by atoms with E-state index in [1.807, 2.05) is 37.4 Å². The highest BCUT2D eigenvalue weighted by molar-refractivity contribution is 5.45. The van der Waals surface area contributed by atoms with Gasteiger partial charge in [0.25, 0.3) is 0 Å². The molecule has 0 bridgehead atoms. The van der Waals surface area contributed by atoms with Gasteiger partial charge < -0.3 is 9.26 Å². The summed E-state index contributed by atoms with van der Waals surface area (Å²) in [5.41, 5.74) is 0.595. The Hall–Kier alpha value is -2.80. The summed E-state index contributed by atoms with van der Waals surface area (Å²) >= 11 is 0. The van der Waals surface area contributed by atoms with E-state index in [2.05, 4.69) is 25.0 Å². The fraction of sp³-hybridized carbons (Fsp3) is 0.250. The lowest BCUT2D eigenvalue weighted by Crippen LogP contribution is -2.24. The van der Waals surface area contributed by atoms with Crippen LogP contribution in [0.15, 0.2) is 53.4 Å². The molecular formula is C16H17N5O2. The van der Waals surface area contributed by atoms with E-state index in [0.29, 0.717) is 30.6 Å². The van der Waals surface area contributed by atoms with Crippen molar-refractivity contribution in [1.82, 2.24) is 25.0 Å². The molecule has 7 nitrogen and oxygen atoms in total. The third-order valence-electron chi connectivity index (χ3n) is 3.15. The molecule has 0 aliphatic carbocycles. The number of aromatic nitrogens is 4. The minimum atomic E-state index is 0.446. The van der Waals surface area contributed by atoms with Gasteiger partial charge in [0.2, 0.25) is 11.7 Å². The van der Waals surface area contributed by atoms with E-state index >= 15 is 0 Å². The van der Waals surface area contributed by atoms with E-state index in [9.17, 15) is 0 Å². The molecule has 0 fully saturated rings. The Bertz CT molecular complexity index is 718. The predicted octanol–water partition coefficient (Wildman–Crippen LogP) is 2.04. The molecule has 2 aromatic heterocycles. The van der Waals surface area contributed by atoms with Gasteiger partial charge in [0.15, 0.2) is 0 Å². The lowest BCUT2D eigenvalue weighted by Gasteiger charge is -2.14. The third-order valence-corrected chi connectivity index (χ3v) is 3.15. The fourth-order valence-electron chi connectivity index (χ4n) is 1.98. The molecule has 3 aromatic rings. The minimum Gasteiger partial charge on any atom is -0.492 e. The molecule has 1 aromatic carbocycles. The van der Waals surface area contributed by atoms with Gasteiger partial charge in [-0.3, -0.25) is 9.88 Å². The summed E-state index contributed by atoms with van der Waals surface area (Å²) in [5, 5.41) is 3.92. The van der Waals surface area contributed by atoms with Crippen LogP contribution in [0.2, 0.25) is 0 Å². The monoisotopic (exact) mass is 311 g/mol. The van der Waals surface area contributed by atoms with Crippen LogP contribution in [0.5, 0.6) is 5.75 Å². The highest BCUT2D eigenvalue weighted by atomic mass is 16.5. The minimum absolute atomic E-state index is 0.446. The second kappa shape index (κ2) is 7.46. The maximum atomic E-state index is 5.66. The first-order valence-electron chi connectivity index (χ1n) is 7.26. The van der Waals surface area contributed by atoms with Gasteiger partial charge in [-0.1, -0.05) is 23.4 Å². The summed E-state index contributed by atoms with van der Waals surface area (Å²) in [7, 11) is 1.97. The van der Waals surface area contributed by atoms with Gasteiger partial charge in [-0.25, -0.2) is 4.98 Å². The van der Waals surface area contributed by atoms with Crippen molar-refractivity contribution < 1.29 is 9.26 Å². The van der Waals surface area contributed by atoms with Gasteiger partial charge in [-0.2, -0.15) is 4.98 Å². The van der Waals surface area contributed by atoms with Crippen LogP contribution >= 0.6 is 0 Å². The standard InChI is InChI=1S/C16H17N5O2/c1-21(9-10-22-13-5-3-2-4-6-13)12-15-19-16(20-23-15)14-11-17-7-8-18-14/h2-8,11H,9-10,12H2,1H3. The highest BCUT2D eigenvalue weighted by Crippen LogP contribution is 2.12. The number of hydrogen-bond donors (Lipinski definition) is 0. The van der Waals surface area contributed by atoms with Crippen molar-refractivity contribution in [2.75, 3.05) is 20.2 Å². The van der Waals surface area contributed by atoms with Crippen LogP contribution in [-0.2, 0) is 6.54 Å². The van der Waals surface area contributed by atoms with Crippen molar-refractivity contribution in [1.29, 1.82) is 0 Å². The molecule has 0 spiro atoms. The van der Waals surface area contributed by atoms with Gasteiger partial charge in [-0.15, -0.1) is 0 Å². The average Bonchev–Trinajstić information content (AvgIpc) is 3.05. The Balaban J connectivity index is 1.48. The summed E-state index contributed by atoms with van der Waals surface area (Å²) in [4.78, 5) is 14.5. The molecule has 0 N–H and O–H groups in total. The first kappa shape index (κ1) is 15.1. The Morgan fingerprint density at radius 3 is 2.83 bits per heavy atom. The topological polar surface area (TPSA) is 77.2 Å². The van der Waals surface area contributed by atoms with Gasteiger partial charge >= 0.3 is 0 Å². The van der Waals surface area contributed by atoms with Crippen LogP contribution in [0.25, 0.3) is 11.5 Å². The molecule has 0 amide bonds. The van der Waals surface area contributed by atoms with Crippen molar-refractivity contribution in [3.05, 3.63) is 54.8 Å². The van der Waals surface area contributed by atoms with Crippen LogP contribution in [0.1, 0.15) is 5.89 Å². The van der Waals surface area contributed by atoms with Crippen LogP contribution in [0, 0.1) is 0 Å². The van der Waals surface area contributed by atoms with E-state index in [0.717, 1.165) is 12.3 Å². The first-order valence-corrected chi connectivity index (χ1v) is 7.26. The molecule has 118 valence electrons. The van der Waals surface area contributed by atoms with Gasteiger partial charge in [0.1, 0.15) is 18.1 Å².